The molecule has 0 bridgehead atoms. The van der Waals surface area contributed by atoms with Crippen LogP contribution in [0, 0.1) is 10.1 Å². The molecule has 4 aromatic carbocycles. The predicted octanol–water partition coefficient (Wildman–Crippen LogP) is 7.15. The van der Waals surface area contributed by atoms with E-state index >= 15 is 0 Å². The van der Waals surface area contributed by atoms with Crippen LogP contribution in [0.4, 0.5) is 17.1 Å². The number of nitro benzene ring substituents is 1. The quantitative estimate of drug-likeness (QED) is 0.0969. The second-order valence-electron chi connectivity index (χ2n) is 10.8. The van der Waals surface area contributed by atoms with Gasteiger partial charge in [-0.1, -0.05) is 53.0 Å². The average Bonchev–Trinajstić information content (AvgIpc) is 3.06. The summed E-state index contributed by atoms with van der Waals surface area (Å²) in [6.07, 6.45) is 1.15. The Morgan fingerprint density at radius 3 is 2.21 bits per heavy atom. The number of rotatable bonds is 13. The van der Waals surface area contributed by atoms with E-state index in [0.29, 0.717) is 12.2 Å². The molecule has 47 heavy (non-hydrogen) atoms. The van der Waals surface area contributed by atoms with E-state index in [1.165, 1.54) is 24.3 Å². The van der Waals surface area contributed by atoms with Gasteiger partial charge in [-0.2, -0.15) is 0 Å². The number of hydrogen-bond acceptors (Lipinski definition) is 9. The normalized spacial score (nSPS) is 14.4. The predicted molar refractivity (Wildman–Crippen MR) is 183 cm³/mol. The summed E-state index contributed by atoms with van der Waals surface area (Å²) in [5, 5.41) is 24.4. The molecule has 0 aliphatic carbocycles. The van der Waals surface area contributed by atoms with Crippen molar-refractivity contribution >= 4 is 61.9 Å². The highest BCUT2D eigenvalue weighted by Gasteiger charge is 2.23. The Morgan fingerprint density at radius 2 is 1.60 bits per heavy atom. The third kappa shape index (κ3) is 9.19. The summed E-state index contributed by atoms with van der Waals surface area (Å²) in [5.74, 6) is 0.722. The molecule has 248 valence electrons. The molecule has 11 nitrogen and oxygen atoms in total. The molecule has 0 radical (unpaired) electrons. The van der Waals surface area contributed by atoms with Crippen LogP contribution >= 0.6 is 34.8 Å². The first-order valence-electron chi connectivity index (χ1n) is 14.6. The van der Waals surface area contributed by atoms with Gasteiger partial charge in [0.25, 0.3) is 15.7 Å². The molecule has 1 aliphatic rings. The van der Waals surface area contributed by atoms with Crippen molar-refractivity contribution in [2.24, 2.45) is 0 Å². The minimum Gasteiger partial charge on any atom is -0.491 e. The third-order valence-electron chi connectivity index (χ3n) is 7.43. The molecule has 0 amide bonds. The number of aliphatic hydroxyl groups is 1. The molecule has 3 N–H and O–H groups in total. The van der Waals surface area contributed by atoms with Gasteiger partial charge in [0.15, 0.2) is 5.75 Å². The lowest BCUT2D eigenvalue weighted by Gasteiger charge is -2.34. The molecule has 0 unspecified atom stereocenters. The first-order valence-corrected chi connectivity index (χ1v) is 17.2. The van der Waals surface area contributed by atoms with Gasteiger partial charge in [-0.15, -0.1) is 0 Å². The standard InChI is InChI=1S/C32H31Cl3N4O7S/c33-28-16-24(39(41)42)10-11-31(28)46-32-29(34)17-27(18-30(32)35)47(43,44)37-22-6-8-23(9-7-22)38-14-12-21(13-15-38)36-19-25(40)20-45-26-4-2-1-3-5-26/h1-11,16-18,21,25,36-37,40H,12-15,19-20H2/t25-/m0/s1. The number of nitrogens with one attached hydrogen (secondary N) is 2. The highest BCUT2D eigenvalue weighted by atomic mass is 35.5. The molecule has 4 aromatic rings. The molecule has 0 saturated carbocycles. The van der Waals surface area contributed by atoms with E-state index in [1.54, 1.807) is 12.1 Å². The largest absolute Gasteiger partial charge is 0.491 e. The number of ether oxygens (including phenoxy) is 2. The van der Waals surface area contributed by atoms with Crippen molar-refractivity contribution < 1.29 is 27.9 Å². The lowest BCUT2D eigenvalue weighted by Crippen LogP contribution is -2.45. The Bertz CT molecular complexity index is 1780. The number of non-ortho nitro benzene ring substituents is 1. The van der Waals surface area contributed by atoms with Gasteiger partial charge >= 0.3 is 0 Å². The second kappa shape index (κ2) is 15.4. The van der Waals surface area contributed by atoms with Crippen molar-refractivity contribution in [3.63, 3.8) is 0 Å². The number of aliphatic hydroxyl groups excluding tert-OH is 1. The molecular formula is C32H31Cl3N4O7S. The first-order chi connectivity index (χ1) is 22.5. The highest BCUT2D eigenvalue weighted by molar-refractivity contribution is 7.92. The van der Waals surface area contributed by atoms with Crippen LogP contribution in [0.5, 0.6) is 17.2 Å². The Labute approximate surface area is 287 Å². The van der Waals surface area contributed by atoms with Gasteiger partial charge in [0, 0.05) is 49.2 Å². The van der Waals surface area contributed by atoms with E-state index in [2.05, 4.69) is 14.9 Å². The molecule has 1 fully saturated rings. The number of halogens is 3. The van der Waals surface area contributed by atoms with Gasteiger partial charge in [0.05, 0.1) is 24.9 Å². The van der Waals surface area contributed by atoms with Crippen LogP contribution in [0.2, 0.25) is 15.1 Å². The van der Waals surface area contributed by atoms with Crippen molar-refractivity contribution in [1.29, 1.82) is 0 Å². The number of para-hydroxylation sites is 1. The topological polar surface area (TPSA) is 143 Å². The molecule has 0 aromatic heterocycles. The fourth-order valence-electron chi connectivity index (χ4n) is 4.95. The maximum absolute atomic E-state index is 13.2. The smallest absolute Gasteiger partial charge is 0.271 e. The Hall–Kier alpha value is -3.78. The van der Waals surface area contributed by atoms with Crippen molar-refractivity contribution in [2.45, 2.75) is 29.9 Å². The summed E-state index contributed by atoms with van der Waals surface area (Å²) >= 11 is 18.8. The van der Waals surface area contributed by atoms with Gasteiger partial charge < -0.3 is 24.8 Å². The maximum atomic E-state index is 13.2. The Morgan fingerprint density at radius 1 is 0.936 bits per heavy atom. The average molecular weight is 722 g/mol. The summed E-state index contributed by atoms with van der Waals surface area (Å²) in [6, 6.07) is 22.7. The van der Waals surface area contributed by atoms with Crippen molar-refractivity contribution in [3.05, 3.63) is 110 Å². The van der Waals surface area contributed by atoms with Gasteiger partial charge in [0.2, 0.25) is 0 Å². The van der Waals surface area contributed by atoms with Crippen molar-refractivity contribution in [3.8, 4) is 17.2 Å². The van der Waals surface area contributed by atoms with Crippen LogP contribution < -0.4 is 24.4 Å². The van der Waals surface area contributed by atoms with Gasteiger partial charge in [-0.25, -0.2) is 8.42 Å². The summed E-state index contributed by atoms with van der Waals surface area (Å²) in [6.45, 7) is 2.25. The number of hydrogen-bond donors (Lipinski definition) is 3. The molecule has 1 atom stereocenters. The zero-order valence-electron chi connectivity index (χ0n) is 24.8. The van der Waals surface area contributed by atoms with Gasteiger partial charge in [-0.05, 0) is 67.4 Å². The Kier molecular flexibility index (Phi) is 11.3. The minimum absolute atomic E-state index is 0.0466. The SMILES string of the molecule is O=[N+]([O-])c1ccc(Oc2c(Cl)cc(S(=O)(=O)Nc3ccc(N4CCC(NC[C@H](O)COc5ccccc5)CC4)cc3)cc2Cl)c(Cl)c1. The second-order valence-corrected chi connectivity index (χ2v) is 13.7. The van der Waals surface area contributed by atoms with E-state index < -0.39 is 21.1 Å². The van der Waals surface area contributed by atoms with E-state index in [9.17, 15) is 23.6 Å². The zero-order valence-corrected chi connectivity index (χ0v) is 27.9. The number of benzene rings is 4. The number of nitrogens with zero attached hydrogens (tertiary/aromatic N) is 2. The molecule has 1 heterocycles. The summed E-state index contributed by atoms with van der Waals surface area (Å²) in [4.78, 5) is 12.4. The number of sulfonamides is 1. The summed E-state index contributed by atoms with van der Waals surface area (Å²) in [5.41, 5.74) is 1.08. The maximum Gasteiger partial charge on any atom is 0.271 e. The van der Waals surface area contributed by atoms with Gasteiger partial charge in [0.1, 0.15) is 24.2 Å². The van der Waals surface area contributed by atoms with Crippen LogP contribution in [0.1, 0.15) is 12.8 Å². The number of anilines is 2. The molecule has 1 saturated heterocycles. The third-order valence-corrected chi connectivity index (χ3v) is 9.65. The fourth-order valence-corrected chi connectivity index (χ4v) is 6.97. The van der Waals surface area contributed by atoms with Crippen LogP contribution in [0.15, 0.2) is 89.8 Å². The first kappa shape index (κ1) is 34.6. The van der Waals surface area contributed by atoms with Crippen LogP contribution in [-0.2, 0) is 10.0 Å². The molecule has 5 rings (SSSR count). The van der Waals surface area contributed by atoms with Crippen LogP contribution in [0.25, 0.3) is 0 Å². The fraction of sp³-hybridized carbons (Fsp3) is 0.250. The number of nitro groups is 1. The molecule has 0 spiro atoms. The molecular weight excluding hydrogens is 691 g/mol. The zero-order chi connectivity index (χ0) is 33.6. The minimum atomic E-state index is -4.08. The molecule has 1 aliphatic heterocycles. The van der Waals surface area contributed by atoms with E-state index in [0.717, 1.165) is 43.4 Å². The van der Waals surface area contributed by atoms with Crippen LogP contribution in [0.3, 0.4) is 0 Å². The molecule has 15 heteroatoms. The number of piperidine rings is 1. The van der Waals surface area contributed by atoms with Crippen LogP contribution in [-0.4, -0.2) is 56.8 Å². The van der Waals surface area contributed by atoms with Gasteiger partial charge in [-0.3, -0.25) is 14.8 Å². The van der Waals surface area contributed by atoms with Crippen molar-refractivity contribution in [2.75, 3.05) is 35.9 Å². The Balaban J connectivity index is 1.13. The highest BCUT2D eigenvalue weighted by Crippen LogP contribution is 2.41. The van der Waals surface area contributed by atoms with E-state index in [-0.39, 0.29) is 49.8 Å². The lowest BCUT2D eigenvalue weighted by molar-refractivity contribution is -0.384. The van der Waals surface area contributed by atoms with E-state index in [4.69, 9.17) is 44.3 Å². The monoisotopic (exact) mass is 720 g/mol. The summed E-state index contributed by atoms with van der Waals surface area (Å²) < 4.78 is 40.2. The summed E-state index contributed by atoms with van der Waals surface area (Å²) in [7, 11) is -4.08. The lowest BCUT2D eigenvalue weighted by atomic mass is 10.0. The van der Waals surface area contributed by atoms with Crippen molar-refractivity contribution in [1.82, 2.24) is 5.32 Å². The van der Waals surface area contributed by atoms with E-state index in [1.807, 2.05) is 42.5 Å².